The molecule has 5 heteroatoms. The highest BCUT2D eigenvalue weighted by molar-refractivity contribution is 5.76. The quantitative estimate of drug-likeness (QED) is 0.923. The molecule has 128 valence electrons. The van der Waals surface area contributed by atoms with E-state index in [0.717, 1.165) is 55.9 Å². The van der Waals surface area contributed by atoms with Gasteiger partial charge in [-0.15, -0.1) is 0 Å². The lowest BCUT2D eigenvalue weighted by molar-refractivity contribution is -0.130. The standard InChI is InChI=1S/C19H26N4O/c1-13-3-4-17-18(11-13)21-19(20-17)15-5-8-23(12-15)16-6-9-22(10-7-16)14(2)24/h3-4,11,15-16H,5-10,12H2,1-2H3,(H,20,21)/t15-/m0/s1. The monoisotopic (exact) mass is 326 g/mol. The Morgan fingerprint density at radius 2 is 2.00 bits per heavy atom. The fourth-order valence-corrected chi connectivity index (χ4v) is 4.22. The van der Waals surface area contributed by atoms with E-state index in [0.29, 0.717) is 12.0 Å². The van der Waals surface area contributed by atoms with E-state index < -0.39 is 0 Å². The highest BCUT2D eigenvalue weighted by Gasteiger charge is 2.32. The number of carbonyl (C=O) groups excluding carboxylic acids is 1. The molecular weight excluding hydrogens is 300 g/mol. The highest BCUT2D eigenvalue weighted by Crippen LogP contribution is 2.30. The van der Waals surface area contributed by atoms with Crippen LogP contribution in [0.1, 0.15) is 43.5 Å². The van der Waals surface area contributed by atoms with Crippen LogP contribution >= 0.6 is 0 Å². The second-order valence-electron chi connectivity index (χ2n) is 7.36. The van der Waals surface area contributed by atoms with E-state index in [4.69, 9.17) is 4.98 Å². The van der Waals surface area contributed by atoms with Gasteiger partial charge in [0.2, 0.25) is 5.91 Å². The lowest BCUT2D eigenvalue weighted by Crippen LogP contribution is -2.45. The van der Waals surface area contributed by atoms with Crippen LogP contribution in [0.3, 0.4) is 0 Å². The summed E-state index contributed by atoms with van der Waals surface area (Å²) in [4.78, 5) is 24.4. The van der Waals surface area contributed by atoms with Crippen LogP contribution in [0.15, 0.2) is 18.2 Å². The summed E-state index contributed by atoms with van der Waals surface area (Å²) in [6.45, 7) is 7.84. The molecule has 0 bridgehead atoms. The molecule has 2 fully saturated rings. The first-order valence-electron chi connectivity index (χ1n) is 9.06. The number of carbonyl (C=O) groups is 1. The number of hydrogen-bond acceptors (Lipinski definition) is 3. The minimum atomic E-state index is 0.213. The van der Waals surface area contributed by atoms with Crippen LogP contribution in [0.25, 0.3) is 11.0 Å². The number of amides is 1. The van der Waals surface area contributed by atoms with Gasteiger partial charge in [-0.3, -0.25) is 9.69 Å². The number of hydrogen-bond donors (Lipinski definition) is 1. The number of aromatic amines is 1. The number of aryl methyl sites for hydroxylation is 1. The van der Waals surface area contributed by atoms with Crippen LogP contribution in [-0.2, 0) is 4.79 Å². The third-order valence-corrected chi connectivity index (χ3v) is 5.69. The molecule has 0 saturated carbocycles. The van der Waals surface area contributed by atoms with Gasteiger partial charge in [0.1, 0.15) is 5.82 Å². The molecule has 1 aromatic carbocycles. The van der Waals surface area contributed by atoms with E-state index in [1.54, 1.807) is 6.92 Å². The predicted octanol–water partition coefficient (Wildman–Crippen LogP) is 2.67. The molecule has 1 atom stereocenters. The Balaban J connectivity index is 1.41. The van der Waals surface area contributed by atoms with Crippen molar-refractivity contribution in [2.75, 3.05) is 26.2 Å². The van der Waals surface area contributed by atoms with Gasteiger partial charge in [-0.05, 0) is 50.4 Å². The zero-order chi connectivity index (χ0) is 16.7. The molecule has 0 aliphatic carbocycles. The SMILES string of the molecule is CC(=O)N1CCC(N2CC[C@H](c3nc4ccc(C)cc4[nH]3)C2)CC1. The van der Waals surface area contributed by atoms with Gasteiger partial charge < -0.3 is 9.88 Å². The van der Waals surface area contributed by atoms with Crippen molar-refractivity contribution in [2.45, 2.75) is 45.1 Å². The van der Waals surface area contributed by atoms with Crippen molar-refractivity contribution in [2.24, 2.45) is 0 Å². The molecule has 2 aromatic rings. The summed E-state index contributed by atoms with van der Waals surface area (Å²) in [5.74, 6) is 1.85. The van der Waals surface area contributed by atoms with Crippen LogP contribution in [0, 0.1) is 6.92 Å². The summed E-state index contributed by atoms with van der Waals surface area (Å²) >= 11 is 0. The van der Waals surface area contributed by atoms with E-state index in [9.17, 15) is 4.79 Å². The van der Waals surface area contributed by atoms with Crippen LogP contribution in [0.2, 0.25) is 0 Å². The third kappa shape index (κ3) is 2.93. The van der Waals surface area contributed by atoms with Crippen molar-refractivity contribution in [3.63, 3.8) is 0 Å². The van der Waals surface area contributed by atoms with Crippen LogP contribution in [0.5, 0.6) is 0 Å². The fraction of sp³-hybridized carbons (Fsp3) is 0.579. The molecule has 1 aromatic heterocycles. The number of likely N-dealkylation sites (tertiary alicyclic amines) is 2. The smallest absolute Gasteiger partial charge is 0.219 e. The number of fused-ring (bicyclic) bond motifs is 1. The average Bonchev–Trinajstić information content (AvgIpc) is 3.21. The minimum absolute atomic E-state index is 0.213. The molecule has 1 amide bonds. The predicted molar refractivity (Wildman–Crippen MR) is 95.0 cm³/mol. The van der Waals surface area contributed by atoms with Crippen LogP contribution in [-0.4, -0.2) is 57.9 Å². The lowest BCUT2D eigenvalue weighted by atomic mass is 10.0. The first-order valence-corrected chi connectivity index (χ1v) is 9.06. The second-order valence-corrected chi connectivity index (χ2v) is 7.36. The number of nitrogens with one attached hydrogen (secondary N) is 1. The first kappa shape index (κ1) is 15.6. The number of benzene rings is 1. The molecule has 0 spiro atoms. The van der Waals surface area contributed by atoms with E-state index in [1.165, 1.54) is 12.0 Å². The van der Waals surface area contributed by atoms with Crippen molar-refractivity contribution < 1.29 is 4.79 Å². The number of rotatable bonds is 2. The molecule has 0 radical (unpaired) electrons. The van der Waals surface area contributed by atoms with E-state index in [-0.39, 0.29) is 5.91 Å². The van der Waals surface area contributed by atoms with Crippen LogP contribution in [0.4, 0.5) is 0 Å². The Kier molecular flexibility index (Phi) is 4.04. The number of nitrogens with zero attached hydrogens (tertiary/aromatic N) is 3. The van der Waals surface area contributed by atoms with Gasteiger partial charge in [-0.2, -0.15) is 0 Å². The van der Waals surface area contributed by atoms with Gasteiger partial charge in [0.25, 0.3) is 0 Å². The van der Waals surface area contributed by atoms with Crippen molar-refractivity contribution in [1.29, 1.82) is 0 Å². The summed E-state index contributed by atoms with van der Waals surface area (Å²) in [7, 11) is 0. The minimum Gasteiger partial charge on any atom is -0.343 e. The largest absolute Gasteiger partial charge is 0.343 e. The maximum Gasteiger partial charge on any atom is 0.219 e. The topological polar surface area (TPSA) is 52.2 Å². The fourth-order valence-electron chi connectivity index (χ4n) is 4.22. The highest BCUT2D eigenvalue weighted by atomic mass is 16.2. The summed E-state index contributed by atoms with van der Waals surface area (Å²) in [6.07, 6.45) is 3.38. The van der Waals surface area contributed by atoms with Gasteiger partial charge >= 0.3 is 0 Å². The van der Waals surface area contributed by atoms with E-state index >= 15 is 0 Å². The maximum atomic E-state index is 11.5. The lowest BCUT2D eigenvalue weighted by Gasteiger charge is -2.36. The Morgan fingerprint density at radius 3 is 2.75 bits per heavy atom. The molecule has 3 heterocycles. The number of aromatic nitrogens is 2. The molecule has 5 nitrogen and oxygen atoms in total. The Hall–Kier alpha value is -1.88. The summed E-state index contributed by atoms with van der Waals surface area (Å²) in [5.41, 5.74) is 3.49. The normalized spacial score (nSPS) is 23.2. The molecule has 4 rings (SSSR count). The van der Waals surface area contributed by atoms with Crippen molar-refractivity contribution in [3.8, 4) is 0 Å². The molecule has 0 unspecified atom stereocenters. The Morgan fingerprint density at radius 1 is 1.21 bits per heavy atom. The van der Waals surface area contributed by atoms with Crippen LogP contribution < -0.4 is 0 Å². The van der Waals surface area contributed by atoms with E-state index in [1.807, 2.05) is 4.90 Å². The molecule has 2 aliphatic rings. The van der Waals surface area contributed by atoms with E-state index in [2.05, 4.69) is 35.0 Å². The number of imidazole rings is 1. The molecule has 2 aliphatic heterocycles. The molecule has 1 N–H and O–H groups in total. The second kappa shape index (κ2) is 6.20. The first-order chi connectivity index (χ1) is 11.6. The third-order valence-electron chi connectivity index (χ3n) is 5.69. The van der Waals surface area contributed by atoms with Crippen molar-refractivity contribution >= 4 is 16.9 Å². The average molecular weight is 326 g/mol. The molecule has 2 saturated heterocycles. The number of piperidine rings is 1. The molecule has 24 heavy (non-hydrogen) atoms. The van der Waals surface area contributed by atoms with Gasteiger partial charge in [0.05, 0.1) is 11.0 Å². The summed E-state index contributed by atoms with van der Waals surface area (Å²) in [6, 6.07) is 7.03. The zero-order valence-electron chi connectivity index (χ0n) is 14.6. The van der Waals surface area contributed by atoms with Crippen molar-refractivity contribution in [1.82, 2.24) is 19.8 Å². The summed E-state index contributed by atoms with van der Waals surface area (Å²) in [5, 5.41) is 0. The van der Waals surface area contributed by atoms with Gasteiger partial charge in [-0.1, -0.05) is 6.07 Å². The zero-order valence-corrected chi connectivity index (χ0v) is 14.6. The van der Waals surface area contributed by atoms with Gasteiger partial charge in [0, 0.05) is 38.5 Å². The maximum absolute atomic E-state index is 11.5. The number of H-pyrrole nitrogens is 1. The van der Waals surface area contributed by atoms with Gasteiger partial charge in [0.15, 0.2) is 0 Å². The molecular formula is C19H26N4O. The van der Waals surface area contributed by atoms with Crippen molar-refractivity contribution in [3.05, 3.63) is 29.6 Å². The summed E-state index contributed by atoms with van der Waals surface area (Å²) < 4.78 is 0. The Labute approximate surface area is 143 Å². The Bertz CT molecular complexity index is 745. The van der Waals surface area contributed by atoms with Gasteiger partial charge in [-0.25, -0.2) is 4.98 Å².